The van der Waals surface area contributed by atoms with Gasteiger partial charge in [0.1, 0.15) is 5.75 Å². The number of hydrogen-bond acceptors (Lipinski definition) is 5. The molecule has 2 aromatic carbocycles. The van der Waals surface area contributed by atoms with Crippen LogP contribution in [0.4, 0.5) is 0 Å². The minimum absolute atomic E-state index is 0.0310. The summed E-state index contributed by atoms with van der Waals surface area (Å²) in [6.07, 6.45) is 0. The summed E-state index contributed by atoms with van der Waals surface area (Å²) < 4.78 is 29.0. The number of carboxylic acid groups (broad SMARTS) is 1. The van der Waals surface area contributed by atoms with Crippen molar-refractivity contribution in [3.8, 4) is 5.75 Å². The fourth-order valence-corrected chi connectivity index (χ4v) is 3.32. The molecule has 0 spiro atoms. The van der Waals surface area contributed by atoms with Crippen molar-refractivity contribution in [1.82, 2.24) is 4.90 Å². The van der Waals surface area contributed by atoms with Gasteiger partial charge in [-0.15, -0.1) is 0 Å². The highest BCUT2D eigenvalue weighted by atomic mass is 32.2. The SMILES string of the molecule is CCS(=O)(=O)c1cccc(C(=O)N(C)Cc2ccc(OCC(=O)O)cc2)c1. The van der Waals surface area contributed by atoms with E-state index >= 15 is 0 Å². The van der Waals surface area contributed by atoms with E-state index in [2.05, 4.69) is 0 Å². The smallest absolute Gasteiger partial charge is 0.341 e. The number of hydrogen-bond donors (Lipinski definition) is 1. The Labute approximate surface area is 158 Å². The van der Waals surface area contributed by atoms with Gasteiger partial charge in [0.25, 0.3) is 5.91 Å². The lowest BCUT2D eigenvalue weighted by Crippen LogP contribution is -2.26. The third kappa shape index (κ3) is 5.55. The van der Waals surface area contributed by atoms with Gasteiger partial charge >= 0.3 is 5.97 Å². The van der Waals surface area contributed by atoms with Crippen LogP contribution in [0.3, 0.4) is 0 Å². The molecule has 0 fully saturated rings. The number of carbonyl (C=O) groups excluding carboxylic acids is 1. The first-order valence-electron chi connectivity index (χ1n) is 8.24. The summed E-state index contributed by atoms with van der Waals surface area (Å²) in [7, 11) is -1.76. The van der Waals surface area contributed by atoms with Gasteiger partial charge in [-0.1, -0.05) is 25.1 Å². The predicted molar refractivity (Wildman–Crippen MR) is 99.5 cm³/mol. The molecule has 0 atom stereocenters. The lowest BCUT2D eigenvalue weighted by atomic mass is 10.1. The Morgan fingerprint density at radius 2 is 1.78 bits per heavy atom. The van der Waals surface area contributed by atoms with Crippen molar-refractivity contribution in [2.75, 3.05) is 19.4 Å². The van der Waals surface area contributed by atoms with Crippen LogP contribution in [0.5, 0.6) is 5.75 Å². The molecular formula is C19H21NO6S. The Bertz CT molecular complexity index is 921. The van der Waals surface area contributed by atoms with Crippen LogP contribution >= 0.6 is 0 Å². The average molecular weight is 391 g/mol. The summed E-state index contributed by atoms with van der Waals surface area (Å²) >= 11 is 0. The first-order valence-corrected chi connectivity index (χ1v) is 9.90. The van der Waals surface area contributed by atoms with Crippen LogP contribution in [0.1, 0.15) is 22.8 Å². The maximum atomic E-state index is 12.6. The maximum Gasteiger partial charge on any atom is 0.341 e. The number of ether oxygens (including phenoxy) is 1. The number of aliphatic carboxylic acids is 1. The van der Waals surface area contributed by atoms with E-state index in [9.17, 15) is 18.0 Å². The standard InChI is InChI=1S/C19H21NO6S/c1-3-27(24,25)17-6-4-5-15(11-17)19(23)20(2)12-14-7-9-16(10-8-14)26-13-18(21)22/h4-11H,3,12-13H2,1-2H3,(H,21,22). The van der Waals surface area contributed by atoms with Gasteiger partial charge in [0, 0.05) is 19.2 Å². The molecule has 0 unspecified atom stereocenters. The highest BCUT2D eigenvalue weighted by Crippen LogP contribution is 2.17. The monoisotopic (exact) mass is 391 g/mol. The molecule has 1 N–H and O–H groups in total. The maximum absolute atomic E-state index is 12.6. The van der Waals surface area contributed by atoms with Gasteiger partial charge < -0.3 is 14.7 Å². The second kappa shape index (κ2) is 8.68. The third-order valence-corrected chi connectivity index (χ3v) is 5.60. The van der Waals surface area contributed by atoms with Gasteiger partial charge in [-0.2, -0.15) is 0 Å². The fraction of sp³-hybridized carbons (Fsp3) is 0.263. The molecule has 0 aromatic heterocycles. The first kappa shape index (κ1) is 20.4. The summed E-state index contributed by atoms with van der Waals surface area (Å²) in [5, 5.41) is 8.60. The normalized spacial score (nSPS) is 11.0. The topological polar surface area (TPSA) is 101 Å². The van der Waals surface area contributed by atoms with Gasteiger partial charge in [0.15, 0.2) is 16.4 Å². The molecule has 0 bridgehead atoms. The van der Waals surface area contributed by atoms with Crippen LogP contribution in [0.15, 0.2) is 53.4 Å². The van der Waals surface area contributed by atoms with Gasteiger partial charge in [-0.05, 0) is 35.9 Å². The molecule has 0 saturated carbocycles. The number of benzene rings is 2. The molecule has 0 aliphatic carbocycles. The van der Waals surface area contributed by atoms with Gasteiger partial charge in [0.05, 0.1) is 10.6 Å². The van der Waals surface area contributed by atoms with Crippen LogP contribution in [0.2, 0.25) is 0 Å². The molecule has 0 aliphatic rings. The summed E-state index contributed by atoms with van der Waals surface area (Å²) in [5.74, 6) is -0.963. The van der Waals surface area contributed by atoms with Crippen LogP contribution in [0.25, 0.3) is 0 Å². The minimum atomic E-state index is -3.38. The molecule has 8 heteroatoms. The summed E-state index contributed by atoms with van der Waals surface area (Å²) in [6.45, 7) is 1.44. The number of carbonyl (C=O) groups is 2. The summed E-state index contributed by atoms with van der Waals surface area (Å²) in [6, 6.07) is 12.7. The molecule has 7 nitrogen and oxygen atoms in total. The largest absolute Gasteiger partial charge is 0.482 e. The zero-order valence-corrected chi connectivity index (χ0v) is 15.9. The van der Waals surface area contributed by atoms with Gasteiger partial charge in [-0.3, -0.25) is 4.79 Å². The number of sulfone groups is 1. The lowest BCUT2D eigenvalue weighted by molar-refractivity contribution is -0.139. The Morgan fingerprint density at radius 3 is 2.37 bits per heavy atom. The van der Waals surface area contributed by atoms with Crippen molar-refractivity contribution in [1.29, 1.82) is 0 Å². The number of amides is 1. The first-order chi connectivity index (χ1) is 12.7. The van der Waals surface area contributed by atoms with E-state index in [0.29, 0.717) is 17.9 Å². The summed E-state index contributed by atoms with van der Waals surface area (Å²) in [4.78, 5) is 24.7. The van der Waals surface area contributed by atoms with Crippen molar-refractivity contribution in [2.24, 2.45) is 0 Å². The number of nitrogens with zero attached hydrogens (tertiary/aromatic N) is 1. The van der Waals surface area contributed by atoms with Crippen molar-refractivity contribution in [3.63, 3.8) is 0 Å². The molecule has 0 heterocycles. The molecule has 2 rings (SSSR count). The van der Waals surface area contributed by atoms with Crippen LogP contribution in [0, 0.1) is 0 Å². The van der Waals surface area contributed by atoms with Crippen LogP contribution < -0.4 is 4.74 Å². The van der Waals surface area contributed by atoms with E-state index < -0.39 is 22.4 Å². The van der Waals surface area contributed by atoms with Gasteiger partial charge in [0.2, 0.25) is 0 Å². The molecule has 144 valence electrons. The van der Waals surface area contributed by atoms with Gasteiger partial charge in [-0.25, -0.2) is 13.2 Å². The molecule has 27 heavy (non-hydrogen) atoms. The fourth-order valence-electron chi connectivity index (χ4n) is 2.39. The summed E-state index contributed by atoms with van der Waals surface area (Å²) in [5.41, 5.74) is 1.12. The third-order valence-electron chi connectivity index (χ3n) is 3.87. The van der Waals surface area contributed by atoms with E-state index in [4.69, 9.17) is 9.84 Å². The zero-order chi connectivity index (χ0) is 20.0. The predicted octanol–water partition coefficient (Wildman–Crippen LogP) is 2.22. The van der Waals surface area contributed by atoms with E-state index in [1.807, 2.05) is 0 Å². The Balaban J connectivity index is 2.07. The van der Waals surface area contributed by atoms with E-state index in [0.717, 1.165) is 5.56 Å². The second-order valence-electron chi connectivity index (χ2n) is 5.92. The van der Waals surface area contributed by atoms with Crippen molar-refractivity contribution >= 4 is 21.7 Å². The number of rotatable bonds is 8. The van der Waals surface area contributed by atoms with E-state index in [1.165, 1.54) is 17.0 Å². The molecule has 0 aliphatic heterocycles. The highest BCUT2D eigenvalue weighted by Gasteiger charge is 2.17. The van der Waals surface area contributed by atoms with E-state index in [1.54, 1.807) is 50.4 Å². The minimum Gasteiger partial charge on any atom is -0.482 e. The second-order valence-corrected chi connectivity index (χ2v) is 8.20. The molecule has 1 amide bonds. The van der Waals surface area contributed by atoms with Crippen LogP contribution in [-0.2, 0) is 21.2 Å². The Morgan fingerprint density at radius 1 is 1.11 bits per heavy atom. The van der Waals surface area contributed by atoms with Crippen molar-refractivity contribution in [2.45, 2.75) is 18.4 Å². The van der Waals surface area contributed by atoms with E-state index in [-0.39, 0.29) is 16.6 Å². The highest BCUT2D eigenvalue weighted by molar-refractivity contribution is 7.91. The molecule has 0 saturated heterocycles. The quantitative estimate of drug-likeness (QED) is 0.740. The lowest BCUT2D eigenvalue weighted by Gasteiger charge is -2.18. The van der Waals surface area contributed by atoms with Crippen molar-refractivity contribution < 1.29 is 27.9 Å². The molecule has 0 radical (unpaired) electrons. The molecule has 2 aromatic rings. The Kier molecular flexibility index (Phi) is 6.57. The van der Waals surface area contributed by atoms with Crippen LogP contribution in [-0.4, -0.2) is 49.7 Å². The Hall–Kier alpha value is -2.87. The molecular weight excluding hydrogens is 370 g/mol. The average Bonchev–Trinajstić information content (AvgIpc) is 2.66. The zero-order valence-electron chi connectivity index (χ0n) is 15.1. The van der Waals surface area contributed by atoms with Crippen molar-refractivity contribution in [3.05, 3.63) is 59.7 Å². The number of carboxylic acids is 1.